The van der Waals surface area contributed by atoms with Crippen LogP contribution >= 0.6 is 0 Å². The minimum Gasteiger partial charge on any atom is -1.00 e. The van der Waals surface area contributed by atoms with Gasteiger partial charge in [-0.2, -0.15) is 0 Å². The number of rotatable bonds is 1. The van der Waals surface area contributed by atoms with Gasteiger partial charge in [0.25, 0.3) is 0 Å². The van der Waals surface area contributed by atoms with Gasteiger partial charge in [0, 0.05) is 17.0 Å². The summed E-state index contributed by atoms with van der Waals surface area (Å²) in [5.74, 6) is 0. The topological polar surface area (TPSA) is 42.9 Å². The van der Waals surface area contributed by atoms with Crippen molar-refractivity contribution in [2.45, 2.75) is 0 Å². The number of carbonyl (C=O) groups is 1. The largest absolute Gasteiger partial charge is 2.00 e. The van der Waals surface area contributed by atoms with Crippen LogP contribution in [0.2, 0.25) is 0 Å². The zero-order chi connectivity index (χ0) is 11.0. The third kappa shape index (κ3) is 3.23. The molecule has 2 heterocycles. The van der Waals surface area contributed by atoms with Crippen molar-refractivity contribution in [3.63, 3.8) is 0 Å². The molecule has 0 aliphatic rings. The minimum atomic E-state index is 0. The van der Waals surface area contributed by atoms with Gasteiger partial charge in [0.05, 0.1) is 11.0 Å². The van der Waals surface area contributed by atoms with Crippen molar-refractivity contribution < 1.29 is 46.7 Å². The average molecular weight is 335 g/mol. The maximum absolute atomic E-state index is 10.7. The standard InChI is InChI=1S/C13H8N2O.2ClH.Fe/c16-8-11-6-5-10-4-3-9-2-1-7-14-12(9)13(10)15-11;;;/h1-8H;2*1H;/q;;;+2/p-2. The zero-order valence-electron chi connectivity index (χ0n) is 9.53. The first-order valence-electron chi connectivity index (χ1n) is 4.98. The van der Waals surface area contributed by atoms with Crippen LogP contribution in [-0.2, 0) is 17.1 Å². The van der Waals surface area contributed by atoms with E-state index in [1.54, 1.807) is 12.3 Å². The Morgan fingerprint density at radius 3 is 2.21 bits per heavy atom. The van der Waals surface area contributed by atoms with Crippen LogP contribution in [0.4, 0.5) is 0 Å². The van der Waals surface area contributed by atoms with E-state index in [0.29, 0.717) is 5.69 Å². The number of aldehydes is 1. The molecule has 2 aromatic heterocycles. The number of carbonyl (C=O) groups excluding carboxylic acids is 1. The monoisotopic (exact) mass is 334 g/mol. The van der Waals surface area contributed by atoms with Gasteiger partial charge < -0.3 is 24.8 Å². The van der Waals surface area contributed by atoms with E-state index in [1.165, 1.54) is 0 Å². The molecule has 0 atom stereocenters. The summed E-state index contributed by atoms with van der Waals surface area (Å²) in [6, 6.07) is 11.5. The van der Waals surface area contributed by atoms with Crippen molar-refractivity contribution in [3.05, 3.63) is 48.3 Å². The van der Waals surface area contributed by atoms with Gasteiger partial charge in [0.1, 0.15) is 5.69 Å². The molecule has 0 N–H and O–H groups in total. The Balaban J connectivity index is 0.00000108. The molecule has 0 fully saturated rings. The molecule has 1 aromatic carbocycles. The van der Waals surface area contributed by atoms with E-state index in [1.807, 2.05) is 30.3 Å². The fraction of sp³-hybridized carbons (Fsp3) is 0. The number of aromatic nitrogens is 2. The number of benzene rings is 1. The van der Waals surface area contributed by atoms with Crippen molar-refractivity contribution in [2.75, 3.05) is 0 Å². The van der Waals surface area contributed by atoms with Gasteiger partial charge >= 0.3 is 17.1 Å². The molecule has 0 aliphatic heterocycles. The third-order valence-corrected chi connectivity index (χ3v) is 2.57. The number of pyridine rings is 2. The number of hydrogen-bond acceptors (Lipinski definition) is 3. The Hall–Kier alpha value is -1.19. The predicted molar refractivity (Wildman–Crippen MR) is 62.4 cm³/mol. The fourth-order valence-electron chi connectivity index (χ4n) is 1.80. The maximum atomic E-state index is 10.7. The van der Waals surface area contributed by atoms with E-state index in [-0.39, 0.29) is 41.9 Å². The Labute approximate surface area is 133 Å². The van der Waals surface area contributed by atoms with Crippen LogP contribution < -0.4 is 24.8 Å². The van der Waals surface area contributed by atoms with Gasteiger partial charge in [-0.05, 0) is 12.1 Å². The molecule has 98 valence electrons. The fourth-order valence-corrected chi connectivity index (χ4v) is 1.80. The van der Waals surface area contributed by atoms with Crippen LogP contribution in [0.5, 0.6) is 0 Å². The molecule has 0 bridgehead atoms. The molecule has 6 heteroatoms. The molecule has 19 heavy (non-hydrogen) atoms. The normalized spacial score (nSPS) is 9.05. The van der Waals surface area contributed by atoms with Crippen molar-refractivity contribution in [2.24, 2.45) is 0 Å². The molecule has 0 saturated carbocycles. The molecular weight excluding hydrogens is 327 g/mol. The summed E-state index contributed by atoms with van der Waals surface area (Å²) in [7, 11) is 0. The number of hydrogen-bond donors (Lipinski definition) is 0. The van der Waals surface area contributed by atoms with Crippen molar-refractivity contribution in [1.82, 2.24) is 9.97 Å². The smallest absolute Gasteiger partial charge is 1.00 e. The SMILES string of the molecule is O=Cc1ccc2ccc3cccnc3c2n1.[Cl-].[Cl-].[Fe+2]. The van der Waals surface area contributed by atoms with E-state index in [9.17, 15) is 4.79 Å². The molecule has 0 spiro atoms. The molecule has 0 aliphatic carbocycles. The quantitative estimate of drug-likeness (QED) is 0.265. The predicted octanol–water partition coefficient (Wildman–Crippen LogP) is -3.40. The van der Waals surface area contributed by atoms with E-state index in [4.69, 9.17) is 0 Å². The number of nitrogens with zero attached hydrogens (tertiary/aromatic N) is 2. The van der Waals surface area contributed by atoms with Crippen LogP contribution in [-0.4, -0.2) is 16.3 Å². The summed E-state index contributed by atoms with van der Waals surface area (Å²) in [5.41, 5.74) is 2.05. The van der Waals surface area contributed by atoms with E-state index in [0.717, 1.165) is 28.1 Å². The van der Waals surface area contributed by atoms with Crippen molar-refractivity contribution in [1.29, 1.82) is 0 Å². The van der Waals surface area contributed by atoms with Crippen LogP contribution in [0, 0.1) is 0 Å². The molecule has 3 rings (SSSR count). The Bertz CT molecular complexity index is 706. The second-order valence-corrected chi connectivity index (χ2v) is 3.57. The van der Waals surface area contributed by atoms with Crippen LogP contribution in [0.3, 0.4) is 0 Å². The Morgan fingerprint density at radius 1 is 0.895 bits per heavy atom. The zero-order valence-corrected chi connectivity index (χ0v) is 12.1. The molecule has 0 saturated heterocycles. The van der Waals surface area contributed by atoms with Crippen LogP contribution in [0.1, 0.15) is 10.5 Å². The summed E-state index contributed by atoms with van der Waals surface area (Å²) < 4.78 is 0. The van der Waals surface area contributed by atoms with Gasteiger partial charge in [0.15, 0.2) is 6.29 Å². The van der Waals surface area contributed by atoms with Crippen molar-refractivity contribution >= 4 is 28.1 Å². The summed E-state index contributed by atoms with van der Waals surface area (Å²) >= 11 is 0. The minimum absolute atomic E-state index is 0. The first-order valence-corrected chi connectivity index (χ1v) is 4.98. The molecule has 0 amide bonds. The molecule has 3 nitrogen and oxygen atoms in total. The third-order valence-electron chi connectivity index (χ3n) is 2.57. The number of halogens is 2. The van der Waals surface area contributed by atoms with Gasteiger partial charge in [0.2, 0.25) is 0 Å². The van der Waals surface area contributed by atoms with E-state index in [2.05, 4.69) is 9.97 Å². The summed E-state index contributed by atoms with van der Waals surface area (Å²) in [6.07, 6.45) is 2.48. The van der Waals surface area contributed by atoms with Gasteiger partial charge in [-0.15, -0.1) is 0 Å². The first kappa shape index (κ1) is 17.8. The van der Waals surface area contributed by atoms with Gasteiger partial charge in [-0.1, -0.05) is 24.3 Å². The maximum Gasteiger partial charge on any atom is 2.00 e. The summed E-state index contributed by atoms with van der Waals surface area (Å²) in [4.78, 5) is 19.3. The molecular formula is C13H8Cl2FeN2O. The number of fused-ring (bicyclic) bond motifs is 3. The van der Waals surface area contributed by atoms with E-state index >= 15 is 0 Å². The van der Waals surface area contributed by atoms with Gasteiger partial charge in [-0.3, -0.25) is 9.78 Å². The Morgan fingerprint density at radius 2 is 1.53 bits per heavy atom. The second-order valence-electron chi connectivity index (χ2n) is 3.57. The molecule has 3 aromatic rings. The average Bonchev–Trinajstić information content (AvgIpc) is 2.38. The van der Waals surface area contributed by atoms with Crippen LogP contribution in [0.25, 0.3) is 21.8 Å². The second kappa shape index (κ2) is 7.41. The summed E-state index contributed by atoms with van der Waals surface area (Å²) in [5, 5.41) is 2.03. The van der Waals surface area contributed by atoms with Gasteiger partial charge in [-0.25, -0.2) is 4.98 Å². The van der Waals surface area contributed by atoms with Crippen molar-refractivity contribution in [3.8, 4) is 0 Å². The Kier molecular flexibility index (Phi) is 6.95. The van der Waals surface area contributed by atoms with E-state index < -0.39 is 0 Å². The molecule has 0 unspecified atom stereocenters. The van der Waals surface area contributed by atoms with Crippen LogP contribution in [0.15, 0.2) is 42.6 Å². The molecule has 0 radical (unpaired) electrons. The summed E-state index contributed by atoms with van der Waals surface area (Å²) in [6.45, 7) is 0. The first-order chi connectivity index (χ1) is 7.88.